The highest BCUT2D eigenvalue weighted by molar-refractivity contribution is 7.19. The predicted octanol–water partition coefficient (Wildman–Crippen LogP) is 2.57. The third kappa shape index (κ3) is 2.64. The fourth-order valence-corrected chi connectivity index (χ4v) is 3.68. The molecule has 1 fully saturated rings. The van der Waals surface area contributed by atoms with Gasteiger partial charge in [-0.25, -0.2) is 4.79 Å². The minimum absolute atomic E-state index is 0.0912. The van der Waals surface area contributed by atoms with E-state index in [1.807, 2.05) is 19.1 Å². The summed E-state index contributed by atoms with van der Waals surface area (Å²) in [6.45, 7) is 2.94. The zero-order valence-electron chi connectivity index (χ0n) is 11.4. The van der Waals surface area contributed by atoms with Gasteiger partial charge in [-0.2, -0.15) is 0 Å². The van der Waals surface area contributed by atoms with Crippen molar-refractivity contribution in [1.29, 1.82) is 0 Å². The average Bonchev–Trinajstić information content (AvgIpc) is 2.98. The van der Waals surface area contributed by atoms with Crippen LogP contribution in [-0.2, 0) is 6.54 Å². The summed E-state index contributed by atoms with van der Waals surface area (Å²) in [7, 11) is 0. The molecule has 2 atom stereocenters. The molecular weight excluding hydrogens is 272 g/mol. The van der Waals surface area contributed by atoms with E-state index in [0.717, 1.165) is 4.88 Å². The number of rotatable bonds is 2. The number of urea groups is 1. The maximum atomic E-state index is 12.1. The number of carbonyl (C=O) groups is 1. The number of hydrogen-bond donors (Lipinski definition) is 2. The number of β-amino-alcohol motifs (C(OH)–C–C–N with tert-alkyl or cyclic N) is 1. The van der Waals surface area contributed by atoms with Gasteiger partial charge < -0.3 is 15.3 Å². The van der Waals surface area contributed by atoms with Crippen molar-refractivity contribution < 1.29 is 9.90 Å². The Hall–Kier alpha value is -1.59. The summed E-state index contributed by atoms with van der Waals surface area (Å²) < 4.78 is 1.24. The molecule has 20 heavy (non-hydrogen) atoms. The van der Waals surface area contributed by atoms with Gasteiger partial charge in [0.15, 0.2) is 0 Å². The first kappa shape index (κ1) is 13.4. The smallest absolute Gasteiger partial charge is 0.318 e. The summed E-state index contributed by atoms with van der Waals surface area (Å²) in [5.41, 5.74) is 0. The van der Waals surface area contributed by atoms with Crippen molar-refractivity contribution >= 4 is 27.5 Å². The molecule has 2 heterocycles. The molecule has 0 aliphatic carbocycles. The van der Waals surface area contributed by atoms with Gasteiger partial charge in [0.1, 0.15) is 0 Å². The van der Waals surface area contributed by atoms with Gasteiger partial charge >= 0.3 is 6.03 Å². The number of aliphatic hydroxyl groups excluding tert-OH is 1. The van der Waals surface area contributed by atoms with Crippen molar-refractivity contribution in [2.75, 3.05) is 6.54 Å². The molecule has 5 heteroatoms. The second-order valence-electron chi connectivity index (χ2n) is 5.30. The molecule has 1 saturated heterocycles. The van der Waals surface area contributed by atoms with Crippen molar-refractivity contribution in [2.24, 2.45) is 0 Å². The number of nitrogens with zero attached hydrogens (tertiary/aromatic N) is 1. The lowest BCUT2D eigenvalue weighted by Gasteiger charge is -2.21. The van der Waals surface area contributed by atoms with Gasteiger partial charge in [0.05, 0.1) is 12.6 Å². The van der Waals surface area contributed by atoms with E-state index in [1.54, 1.807) is 16.2 Å². The highest BCUT2D eigenvalue weighted by Crippen LogP contribution is 2.25. The first-order valence-corrected chi connectivity index (χ1v) is 7.65. The lowest BCUT2D eigenvalue weighted by Crippen LogP contribution is -2.41. The van der Waals surface area contributed by atoms with Crippen molar-refractivity contribution in [3.63, 3.8) is 0 Å². The number of aliphatic hydroxyl groups is 1. The first-order chi connectivity index (χ1) is 9.63. The highest BCUT2D eigenvalue weighted by Gasteiger charge is 2.30. The SMILES string of the molecule is CC1CC(O)CN1C(=O)NCc1cc2ccccc2s1. The Labute approximate surface area is 122 Å². The third-order valence-corrected chi connectivity index (χ3v) is 4.82. The largest absolute Gasteiger partial charge is 0.391 e. The van der Waals surface area contributed by atoms with Gasteiger partial charge in [-0.3, -0.25) is 0 Å². The van der Waals surface area contributed by atoms with Crippen LogP contribution in [0.4, 0.5) is 4.79 Å². The lowest BCUT2D eigenvalue weighted by atomic mass is 10.2. The molecule has 1 aliphatic rings. The van der Waals surface area contributed by atoms with Crippen LogP contribution in [0.2, 0.25) is 0 Å². The third-order valence-electron chi connectivity index (χ3n) is 3.70. The van der Waals surface area contributed by atoms with Crippen LogP contribution < -0.4 is 5.32 Å². The molecular formula is C15H18N2O2S. The monoisotopic (exact) mass is 290 g/mol. The topological polar surface area (TPSA) is 52.6 Å². The maximum absolute atomic E-state index is 12.1. The Morgan fingerprint density at radius 3 is 3.00 bits per heavy atom. The molecule has 2 N–H and O–H groups in total. The quantitative estimate of drug-likeness (QED) is 0.893. The van der Waals surface area contributed by atoms with E-state index >= 15 is 0 Å². The summed E-state index contributed by atoms with van der Waals surface area (Å²) in [6, 6.07) is 10.3. The summed E-state index contributed by atoms with van der Waals surface area (Å²) in [4.78, 5) is 14.9. The standard InChI is InChI=1S/C15H18N2O2S/c1-10-6-12(18)9-17(10)15(19)16-8-13-7-11-4-2-3-5-14(11)20-13/h2-5,7,10,12,18H,6,8-9H2,1H3,(H,16,19). The maximum Gasteiger partial charge on any atom is 0.318 e. The fraction of sp³-hybridized carbons (Fsp3) is 0.400. The Morgan fingerprint density at radius 1 is 1.50 bits per heavy atom. The fourth-order valence-electron chi connectivity index (χ4n) is 2.67. The molecule has 106 valence electrons. The Bertz CT molecular complexity index is 592. The highest BCUT2D eigenvalue weighted by atomic mass is 32.1. The van der Waals surface area contributed by atoms with Crippen LogP contribution in [0, 0.1) is 0 Å². The zero-order chi connectivity index (χ0) is 14.1. The number of hydrogen-bond acceptors (Lipinski definition) is 3. The number of likely N-dealkylation sites (tertiary alicyclic amines) is 1. The van der Waals surface area contributed by atoms with Crippen LogP contribution >= 0.6 is 11.3 Å². The van der Waals surface area contributed by atoms with Gasteiger partial charge in [-0.15, -0.1) is 11.3 Å². The zero-order valence-corrected chi connectivity index (χ0v) is 12.2. The van der Waals surface area contributed by atoms with Gasteiger partial charge in [-0.05, 0) is 30.9 Å². The van der Waals surface area contributed by atoms with Crippen LogP contribution in [0.3, 0.4) is 0 Å². The Kier molecular flexibility index (Phi) is 3.63. The van der Waals surface area contributed by atoms with Crippen LogP contribution in [0.25, 0.3) is 10.1 Å². The summed E-state index contributed by atoms with van der Waals surface area (Å²) >= 11 is 1.70. The molecule has 1 aliphatic heterocycles. The molecule has 0 bridgehead atoms. The van der Waals surface area contributed by atoms with E-state index in [9.17, 15) is 9.90 Å². The number of amides is 2. The Balaban J connectivity index is 1.63. The minimum atomic E-state index is -0.389. The molecule has 2 amide bonds. The van der Waals surface area contributed by atoms with E-state index in [4.69, 9.17) is 0 Å². The molecule has 0 spiro atoms. The van der Waals surface area contributed by atoms with Crippen LogP contribution in [0.5, 0.6) is 0 Å². The second-order valence-corrected chi connectivity index (χ2v) is 6.47. The summed E-state index contributed by atoms with van der Waals surface area (Å²) in [6.07, 6.45) is 0.274. The van der Waals surface area contributed by atoms with Gasteiger partial charge in [0.25, 0.3) is 0 Å². The molecule has 1 aromatic heterocycles. The number of carbonyl (C=O) groups excluding carboxylic acids is 1. The predicted molar refractivity (Wildman–Crippen MR) is 80.9 cm³/mol. The second kappa shape index (κ2) is 5.42. The number of fused-ring (bicyclic) bond motifs is 1. The number of thiophene rings is 1. The molecule has 3 rings (SSSR count). The van der Waals surface area contributed by atoms with Crippen molar-refractivity contribution in [1.82, 2.24) is 10.2 Å². The molecule has 4 nitrogen and oxygen atoms in total. The van der Waals surface area contributed by atoms with Gasteiger partial charge in [0, 0.05) is 22.2 Å². The summed E-state index contributed by atoms with van der Waals surface area (Å²) in [5, 5.41) is 13.7. The molecule has 2 unspecified atom stereocenters. The Morgan fingerprint density at radius 2 is 2.30 bits per heavy atom. The van der Waals surface area contributed by atoms with Crippen LogP contribution in [0.1, 0.15) is 18.2 Å². The van der Waals surface area contributed by atoms with Crippen LogP contribution in [-0.4, -0.2) is 34.7 Å². The van der Waals surface area contributed by atoms with Crippen molar-refractivity contribution in [3.05, 3.63) is 35.2 Å². The molecule has 1 aromatic carbocycles. The van der Waals surface area contributed by atoms with Crippen molar-refractivity contribution in [3.8, 4) is 0 Å². The van der Waals surface area contributed by atoms with E-state index in [-0.39, 0.29) is 18.2 Å². The summed E-state index contributed by atoms with van der Waals surface area (Å²) in [5.74, 6) is 0. The van der Waals surface area contributed by atoms with Crippen LogP contribution in [0.15, 0.2) is 30.3 Å². The van der Waals surface area contributed by atoms with E-state index in [1.165, 1.54) is 10.1 Å². The van der Waals surface area contributed by atoms with E-state index < -0.39 is 0 Å². The minimum Gasteiger partial charge on any atom is -0.391 e. The van der Waals surface area contributed by atoms with E-state index in [2.05, 4.69) is 23.5 Å². The van der Waals surface area contributed by atoms with Gasteiger partial charge in [0.2, 0.25) is 0 Å². The molecule has 2 aromatic rings. The normalized spacial score (nSPS) is 22.4. The number of benzene rings is 1. The molecule has 0 radical (unpaired) electrons. The van der Waals surface area contributed by atoms with Gasteiger partial charge in [-0.1, -0.05) is 18.2 Å². The van der Waals surface area contributed by atoms with Crippen molar-refractivity contribution in [2.45, 2.75) is 32.0 Å². The average molecular weight is 290 g/mol. The number of nitrogens with one attached hydrogen (secondary N) is 1. The lowest BCUT2D eigenvalue weighted by molar-refractivity contribution is 0.170. The molecule has 0 saturated carbocycles. The first-order valence-electron chi connectivity index (χ1n) is 6.83. The van der Waals surface area contributed by atoms with E-state index in [0.29, 0.717) is 19.5 Å².